The third kappa shape index (κ3) is 2.96. The molecule has 2 rings (SSSR count). The van der Waals surface area contributed by atoms with Crippen LogP contribution < -0.4 is 0 Å². The average molecular weight is 276 g/mol. The van der Waals surface area contributed by atoms with Gasteiger partial charge in [0, 0.05) is 17.6 Å². The summed E-state index contributed by atoms with van der Waals surface area (Å²) in [6.07, 6.45) is 2.33. The number of hydrogen-bond donors (Lipinski definition) is 0. The van der Waals surface area contributed by atoms with Gasteiger partial charge in [-0.3, -0.25) is 4.39 Å². The maximum atomic E-state index is 12.9. The number of nitrogens with zero attached hydrogens (tertiary/aromatic N) is 4. The van der Waals surface area contributed by atoms with Crippen molar-refractivity contribution < 1.29 is 13.5 Å². The number of benzene rings is 1. The second kappa shape index (κ2) is 6.70. The first-order valence-electron chi connectivity index (χ1n) is 5.92. The lowest BCUT2D eigenvalue weighted by molar-refractivity contribution is 0.0722. The second-order valence-electron chi connectivity index (χ2n) is 4.07. The number of methoxy groups -OCH3 is 1. The van der Waals surface area contributed by atoms with Crippen LogP contribution in [0.15, 0.2) is 46.4 Å². The van der Waals surface area contributed by atoms with Crippen molar-refractivity contribution in [1.82, 2.24) is 4.98 Å². The Morgan fingerprint density at radius 3 is 2.70 bits per heavy atom. The summed E-state index contributed by atoms with van der Waals surface area (Å²) in [5.41, 5.74) is 10.0. The SMILES string of the molecule is CO[C@H](c1ccc(-c2cnco2)cc1)[C@@H](CF)N=[N+]=[N-]. The number of azide groups is 1. The Kier molecular flexibility index (Phi) is 4.70. The van der Waals surface area contributed by atoms with Crippen LogP contribution in [0.4, 0.5) is 4.39 Å². The maximum Gasteiger partial charge on any atom is 0.181 e. The summed E-state index contributed by atoms with van der Waals surface area (Å²) in [5, 5.41) is 3.41. The molecule has 2 aromatic rings. The number of alkyl halides is 1. The molecule has 2 atom stereocenters. The van der Waals surface area contributed by atoms with Crippen molar-refractivity contribution in [2.24, 2.45) is 5.11 Å². The molecule has 0 unspecified atom stereocenters. The topological polar surface area (TPSA) is 84.0 Å². The van der Waals surface area contributed by atoms with Gasteiger partial charge in [-0.2, -0.15) is 0 Å². The fourth-order valence-electron chi connectivity index (χ4n) is 1.95. The summed E-state index contributed by atoms with van der Waals surface area (Å²) < 4.78 is 23.3. The average Bonchev–Trinajstić information content (AvgIpc) is 3.02. The Balaban J connectivity index is 2.25. The molecule has 0 radical (unpaired) electrons. The summed E-state index contributed by atoms with van der Waals surface area (Å²) in [6, 6.07) is 6.30. The molecule has 0 saturated carbocycles. The number of halogens is 1. The van der Waals surface area contributed by atoms with Gasteiger partial charge in [-0.1, -0.05) is 29.4 Å². The lowest BCUT2D eigenvalue weighted by atomic mass is 10.0. The van der Waals surface area contributed by atoms with E-state index >= 15 is 0 Å². The van der Waals surface area contributed by atoms with Gasteiger partial charge in [0.1, 0.15) is 6.67 Å². The molecular weight excluding hydrogens is 263 g/mol. The van der Waals surface area contributed by atoms with Crippen molar-refractivity contribution in [3.05, 3.63) is 52.9 Å². The lowest BCUT2D eigenvalue weighted by Gasteiger charge is -2.20. The molecule has 7 heteroatoms. The van der Waals surface area contributed by atoms with Crippen LogP contribution in [0.3, 0.4) is 0 Å². The van der Waals surface area contributed by atoms with Crippen LogP contribution in [0.5, 0.6) is 0 Å². The van der Waals surface area contributed by atoms with E-state index in [0.717, 1.165) is 11.1 Å². The van der Waals surface area contributed by atoms with Crippen LogP contribution in [0, 0.1) is 0 Å². The zero-order valence-corrected chi connectivity index (χ0v) is 10.8. The molecule has 0 amide bonds. The molecule has 0 aliphatic rings. The summed E-state index contributed by atoms with van der Waals surface area (Å²) >= 11 is 0. The Morgan fingerprint density at radius 2 is 2.20 bits per heavy atom. The fraction of sp³-hybridized carbons (Fsp3) is 0.308. The summed E-state index contributed by atoms with van der Waals surface area (Å²) in [5.74, 6) is 0.641. The van der Waals surface area contributed by atoms with Crippen LogP contribution in [0.25, 0.3) is 21.8 Å². The number of aromatic nitrogens is 1. The molecule has 1 heterocycles. The molecule has 0 bridgehead atoms. The highest BCUT2D eigenvalue weighted by molar-refractivity contribution is 5.56. The van der Waals surface area contributed by atoms with Crippen LogP contribution in [0.2, 0.25) is 0 Å². The molecule has 0 N–H and O–H groups in total. The van der Waals surface area contributed by atoms with E-state index in [1.54, 1.807) is 18.3 Å². The first-order chi connectivity index (χ1) is 9.80. The molecule has 104 valence electrons. The van der Waals surface area contributed by atoms with Crippen molar-refractivity contribution in [2.45, 2.75) is 12.1 Å². The number of rotatable bonds is 6. The second-order valence-corrected chi connectivity index (χ2v) is 4.07. The van der Waals surface area contributed by atoms with Crippen LogP contribution in [0.1, 0.15) is 11.7 Å². The third-order valence-corrected chi connectivity index (χ3v) is 2.92. The Bertz CT molecular complexity index is 579. The van der Waals surface area contributed by atoms with Gasteiger partial charge in [0.05, 0.1) is 18.3 Å². The van der Waals surface area contributed by atoms with E-state index in [9.17, 15) is 4.39 Å². The molecule has 1 aromatic heterocycles. The van der Waals surface area contributed by atoms with E-state index in [1.165, 1.54) is 13.5 Å². The maximum absolute atomic E-state index is 12.9. The molecule has 20 heavy (non-hydrogen) atoms. The first-order valence-corrected chi connectivity index (χ1v) is 5.92. The fourth-order valence-corrected chi connectivity index (χ4v) is 1.95. The monoisotopic (exact) mass is 276 g/mol. The van der Waals surface area contributed by atoms with Gasteiger partial charge in [0.15, 0.2) is 12.2 Å². The number of ether oxygens (including phenoxy) is 1. The van der Waals surface area contributed by atoms with Crippen molar-refractivity contribution in [1.29, 1.82) is 0 Å². The normalized spacial score (nSPS) is 13.5. The molecule has 0 fully saturated rings. The Hall–Kier alpha value is -2.37. The highest BCUT2D eigenvalue weighted by Gasteiger charge is 2.22. The standard InChI is InChI=1S/C13H13FN4O2/c1-19-13(11(6-14)17-18-15)10-4-2-9(3-5-10)12-7-16-8-20-12/h2-5,7-8,11,13H,6H2,1H3/t11-,13-/m1/s1. The van der Waals surface area contributed by atoms with Gasteiger partial charge in [0.25, 0.3) is 0 Å². The summed E-state index contributed by atoms with van der Waals surface area (Å²) in [7, 11) is 1.45. The lowest BCUT2D eigenvalue weighted by Crippen LogP contribution is -2.20. The van der Waals surface area contributed by atoms with Gasteiger partial charge in [-0.15, -0.1) is 0 Å². The van der Waals surface area contributed by atoms with E-state index in [1.807, 2.05) is 12.1 Å². The van der Waals surface area contributed by atoms with Crippen molar-refractivity contribution in [3.8, 4) is 11.3 Å². The van der Waals surface area contributed by atoms with E-state index < -0.39 is 18.8 Å². The van der Waals surface area contributed by atoms with Gasteiger partial charge in [-0.05, 0) is 11.1 Å². The van der Waals surface area contributed by atoms with Crippen LogP contribution in [-0.4, -0.2) is 24.8 Å². The quantitative estimate of drug-likeness (QED) is 0.458. The van der Waals surface area contributed by atoms with Crippen molar-refractivity contribution >= 4 is 0 Å². The zero-order valence-electron chi connectivity index (χ0n) is 10.8. The smallest absolute Gasteiger partial charge is 0.181 e. The minimum Gasteiger partial charge on any atom is -0.444 e. The third-order valence-electron chi connectivity index (χ3n) is 2.92. The molecule has 0 aliphatic carbocycles. The van der Waals surface area contributed by atoms with Crippen LogP contribution >= 0.6 is 0 Å². The Morgan fingerprint density at radius 1 is 1.45 bits per heavy atom. The highest BCUT2D eigenvalue weighted by atomic mass is 19.1. The van der Waals surface area contributed by atoms with Crippen molar-refractivity contribution in [2.75, 3.05) is 13.8 Å². The van der Waals surface area contributed by atoms with E-state index in [0.29, 0.717) is 5.76 Å². The molecule has 1 aromatic carbocycles. The van der Waals surface area contributed by atoms with Crippen molar-refractivity contribution in [3.63, 3.8) is 0 Å². The van der Waals surface area contributed by atoms with Gasteiger partial charge in [-0.25, -0.2) is 4.98 Å². The molecule has 0 spiro atoms. The largest absolute Gasteiger partial charge is 0.444 e. The molecule has 6 nitrogen and oxygen atoms in total. The zero-order chi connectivity index (χ0) is 14.4. The summed E-state index contributed by atoms with van der Waals surface area (Å²) in [6.45, 7) is -0.785. The van der Waals surface area contributed by atoms with E-state index in [4.69, 9.17) is 14.7 Å². The minimum absolute atomic E-state index is 0.625. The highest BCUT2D eigenvalue weighted by Crippen LogP contribution is 2.26. The molecule has 0 aliphatic heterocycles. The van der Waals surface area contributed by atoms with Gasteiger partial charge in [0.2, 0.25) is 0 Å². The van der Waals surface area contributed by atoms with E-state index in [2.05, 4.69) is 15.0 Å². The number of hydrogen-bond acceptors (Lipinski definition) is 4. The van der Waals surface area contributed by atoms with Gasteiger partial charge < -0.3 is 9.15 Å². The van der Waals surface area contributed by atoms with E-state index in [-0.39, 0.29) is 0 Å². The summed E-state index contributed by atoms with van der Waals surface area (Å²) in [4.78, 5) is 6.48. The van der Waals surface area contributed by atoms with Gasteiger partial charge >= 0.3 is 0 Å². The predicted octanol–water partition coefficient (Wildman–Crippen LogP) is 3.68. The molecular formula is C13H13FN4O2. The molecule has 0 saturated heterocycles. The Labute approximate surface area is 114 Å². The van der Waals surface area contributed by atoms with Crippen LogP contribution in [-0.2, 0) is 4.74 Å². The first kappa shape index (κ1) is 14.0. The minimum atomic E-state index is -0.888. The number of oxazole rings is 1. The predicted molar refractivity (Wildman–Crippen MR) is 70.6 cm³/mol.